The van der Waals surface area contributed by atoms with Crippen LogP contribution in [0.3, 0.4) is 0 Å². The van der Waals surface area contributed by atoms with Crippen LogP contribution in [0.2, 0.25) is 5.02 Å². The van der Waals surface area contributed by atoms with Crippen LogP contribution in [0.4, 0.5) is 5.69 Å². The molecular formula is C16H13ClN2O. The molecule has 0 spiro atoms. The number of hydrogen-bond acceptors (Lipinski definition) is 3. The van der Waals surface area contributed by atoms with Gasteiger partial charge in [-0.15, -0.1) is 0 Å². The van der Waals surface area contributed by atoms with Gasteiger partial charge in [-0.2, -0.15) is 0 Å². The van der Waals surface area contributed by atoms with Gasteiger partial charge >= 0.3 is 0 Å². The highest BCUT2D eigenvalue weighted by atomic mass is 35.5. The lowest BCUT2D eigenvalue weighted by molar-refractivity contribution is 0.309. The number of ether oxygens (including phenoxy) is 1. The van der Waals surface area contributed by atoms with Crippen LogP contribution in [0.5, 0.6) is 5.75 Å². The van der Waals surface area contributed by atoms with Crippen molar-refractivity contribution in [3.8, 4) is 5.75 Å². The summed E-state index contributed by atoms with van der Waals surface area (Å²) in [6.07, 6.45) is 1.56. The zero-order valence-corrected chi connectivity index (χ0v) is 11.5. The second-order valence-corrected chi connectivity index (χ2v) is 4.83. The molecule has 2 N–H and O–H groups in total. The Kier molecular flexibility index (Phi) is 3.44. The molecule has 20 heavy (non-hydrogen) atoms. The Balaban J connectivity index is 1.94. The number of pyridine rings is 1. The summed E-state index contributed by atoms with van der Waals surface area (Å²) in [5.74, 6) is 0.702. The molecule has 0 fully saturated rings. The predicted octanol–water partition coefficient (Wildman–Crippen LogP) is 4.05. The molecule has 0 amide bonds. The average Bonchev–Trinajstić information content (AvgIpc) is 2.50. The maximum Gasteiger partial charge on any atom is 0.146 e. The Hall–Kier alpha value is -2.26. The minimum Gasteiger partial charge on any atom is -0.487 e. The van der Waals surface area contributed by atoms with E-state index in [1.54, 1.807) is 6.20 Å². The third kappa shape index (κ3) is 2.40. The summed E-state index contributed by atoms with van der Waals surface area (Å²) >= 11 is 6.19. The summed E-state index contributed by atoms with van der Waals surface area (Å²) in [7, 11) is 0. The fourth-order valence-corrected chi connectivity index (χ4v) is 2.23. The summed E-state index contributed by atoms with van der Waals surface area (Å²) < 4.78 is 5.84. The van der Waals surface area contributed by atoms with Gasteiger partial charge in [0, 0.05) is 5.39 Å². The number of nitrogens with two attached hydrogens (primary N) is 1. The zero-order chi connectivity index (χ0) is 13.9. The highest BCUT2D eigenvalue weighted by Gasteiger charge is 2.09. The number of nitrogens with zero attached hydrogens (tertiary/aromatic N) is 1. The molecule has 0 bridgehead atoms. The van der Waals surface area contributed by atoms with Gasteiger partial charge in [-0.25, -0.2) is 0 Å². The van der Waals surface area contributed by atoms with Crippen molar-refractivity contribution in [3.63, 3.8) is 0 Å². The van der Waals surface area contributed by atoms with Crippen LogP contribution >= 0.6 is 11.6 Å². The molecule has 0 saturated carbocycles. The minimum atomic E-state index is 0.472. The number of anilines is 1. The van der Waals surface area contributed by atoms with E-state index in [-0.39, 0.29) is 0 Å². The van der Waals surface area contributed by atoms with Crippen molar-refractivity contribution < 1.29 is 4.74 Å². The van der Waals surface area contributed by atoms with E-state index in [4.69, 9.17) is 22.1 Å². The molecule has 0 aliphatic carbocycles. The van der Waals surface area contributed by atoms with Gasteiger partial charge < -0.3 is 10.5 Å². The van der Waals surface area contributed by atoms with Crippen LogP contribution in [-0.2, 0) is 6.61 Å². The molecule has 0 saturated heterocycles. The SMILES string of the molecule is Nc1cnc2c(OCc3ccccc3)cccc2c1Cl. The largest absolute Gasteiger partial charge is 0.487 e. The van der Waals surface area contributed by atoms with Gasteiger partial charge in [-0.1, -0.05) is 54.1 Å². The Morgan fingerprint density at radius 2 is 1.85 bits per heavy atom. The molecule has 0 radical (unpaired) electrons. The van der Waals surface area contributed by atoms with Crippen LogP contribution in [0.25, 0.3) is 10.9 Å². The fourth-order valence-electron chi connectivity index (χ4n) is 2.03. The molecule has 0 atom stereocenters. The number of halogens is 1. The number of nitrogen functional groups attached to an aromatic ring is 1. The van der Waals surface area contributed by atoms with Gasteiger partial charge in [0.2, 0.25) is 0 Å². The van der Waals surface area contributed by atoms with E-state index in [9.17, 15) is 0 Å². The van der Waals surface area contributed by atoms with Crippen molar-refractivity contribution in [1.29, 1.82) is 0 Å². The van der Waals surface area contributed by atoms with Crippen molar-refractivity contribution in [2.75, 3.05) is 5.73 Å². The maximum atomic E-state index is 6.19. The highest BCUT2D eigenvalue weighted by molar-refractivity contribution is 6.37. The van der Waals surface area contributed by atoms with Crippen LogP contribution in [0, 0.1) is 0 Å². The molecule has 100 valence electrons. The quantitative estimate of drug-likeness (QED) is 0.789. The molecule has 0 aliphatic heterocycles. The standard InChI is InChI=1S/C16H13ClN2O/c17-15-12-7-4-8-14(16(12)19-9-13(15)18)20-10-11-5-2-1-3-6-11/h1-9H,10,18H2. The lowest BCUT2D eigenvalue weighted by Gasteiger charge is -2.10. The van der Waals surface area contributed by atoms with Gasteiger partial charge in [0.15, 0.2) is 0 Å². The van der Waals surface area contributed by atoms with Crippen molar-refractivity contribution in [1.82, 2.24) is 4.98 Å². The molecule has 3 aromatic rings. The predicted molar refractivity (Wildman–Crippen MR) is 81.9 cm³/mol. The second-order valence-electron chi connectivity index (χ2n) is 4.45. The van der Waals surface area contributed by atoms with Gasteiger partial charge in [0.05, 0.1) is 16.9 Å². The molecule has 3 nitrogen and oxygen atoms in total. The highest BCUT2D eigenvalue weighted by Crippen LogP contribution is 2.32. The first kappa shape index (κ1) is 12.8. The number of para-hydroxylation sites is 1. The van der Waals surface area contributed by atoms with E-state index in [0.29, 0.717) is 23.1 Å². The molecule has 0 unspecified atom stereocenters. The Bertz CT molecular complexity index is 744. The molecule has 2 aromatic carbocycles. The van der Waals surface area contributed by atoms with E-state index in [2.05, 4.69) is 4.98 Å². The van der Waals surface area contributed by atoms with Gasteiger partial charge in [0.1, 0.15) is 17.9 Å². The van der Waals surface area contributed by atoms with Crippen molar-refractivity contribution in [2.24, 2.45) is 0 Å². The molecule has 1 aromatic heterocycles. The molecular weight excluding hydrogens is 272 g/mol. The Labute approximate surface area is 122 Å². The topological polar surface area (TPSA) is 48.1 Å². The van der Waals surface area contributed by atoms with Gasteiger partial charge in [-0.3, -0.25) is 4.98 Å². The lowest BCUT2D eigenvalue weighted by Crippen LogP contribution is -1.97. The normalized spacial score (nSPS) is 10.7. The third-order valence-corrected chi connectivity index (χ3v) is 3.48. The maximum absolute atomic E-state index is 6.19. The number of fused-ring (bicyclic) bond motifs is 1. The van der Waals surface area contributed by atoms with E-state index in [1.165, 1.54) is 0 Å². The number of benzene rings is 2. The first-order valence-electron chi connectivity index (χ1n) is 6.25. The lowest BCUT2D eigenvalue weighted by atomic mass is 10.2. The van der Waals surface area contributed by atoms with Crippen molar-refractivity contribution >= 4 is 28.2 Å². The molecule has 3 rings (SSSR count). The summed E-state index contributed by atoms with van der Waals surface area (Å²) in [5, 5.41) is 1.32. The first-order chi connectivity index (χ1) is 9.75. The first-order valence-corrected chi connectivity index (χ1v) is 6.63. The summed E-state index contributed by atoms with van der Waals surface area (Å²) in [4.78, 5) is 4.32. The minimum absolute atomic E-state index is 0.472. The third-order valence-electron chi connectivity index (χ3n) is 3.06. The molecule has 0 aliphatic rings. The Morgan fingerprint density at radius 3 is 2.65 bits per heavy atom. The second kappa shape index (κ2) is 5.39. The van der Waals surface area contributed by atoms with Gasteiger partial charge in [0.25, 0.3) is 0 Å². The van der Waals surface area contributed by atoms with E-state index in [1.807, 2.05) is 48.5 Å². The van der Waals surface area contributed by atoms with E-state index in [0.717, 1.165) is 16.5 Å². The Morgan fingerprint density at radius 1 is 1.05 bits per heavy atom. The zero-order valence-electron chi connectivity index (χ0n) is 10.7. The summed E-state index contributed by atoms with van der Waals surface area (Å²) in [6, 6.07) is 15.6. The summed E-state index contributed by atoms with van der Waals surface area (Å²) in [6.45, 7) is 0.490. The average molecular weight is 285 g/mol. The molecule has 1 heterocycles. The monoisotopic (exact) mass is 284 g/mol. The van der Waals surface area contributed by atoms with Crippen LogP contribution in [-0.4, -0.2) is 4.98 Å². The number of hydrogen-bond donors (Lipinski definition) is 1. The molecule has 4 heteroatoms. The van der Waals surface area contributed by atoms with Crippen LogP contribution < -0.4 is 10.5 Å². The van der Waals surface area contributed by atoms with Crippen LogP contribution in [0.1, 0.15) is 5.56 Å². The number of aromatic nitrogens is 1. The van der Waals surface area contributed by atoms with Gasteiger partial charge in [-0.05, 0) is 11.6 Å². The van der Waals surface area contributed by atoms with Crippen LogP contribution in [0.15, 0.2) is 54.7 Å². The van der Waals surface area contributed by atoms with E-state index >= 15 is 0 Å². The summed E-state index contributed by atoms with van der Waals surface area (Å²) in [5.41, 5.74) is 8.06. The van der Waals surface area contributed by atoms with E-state index < -0.39 is 0 Å². The number of rotatable bonds is 3. The smallest absolute Gasteiger partial charge is 0.146 e. The van der Waals surface area contributed by atoms with Crippen molar-refractivity contribution in [2.45, 2.75) is 6.61 Å². The van der Waals surface area contributed by atoms with Crippen molar-refractivity contribution in [3.05, 3.63) is 65.3 Å². The fraction of sp³-hybridized carbons (Fsp3) is 0.0625.